The highest BCUT2D eigenvalue weighted by Gasteiger charge is 2.45. The van der Waals surface area contributed by atoms with Gasteiger partial charge in [-0.1, -0.05) is 66.6 Å². The molecule has 4 aromatic carbocycles. The Balaban J connectivity index is 0.997. The first kappa shape index (κ1) is 36.7. The van der Waals surface area contributed by atoms with E-state index in [1.165, 1.54) is 6.33 Å². The van der Waals surface area contributed by atoms with Crippen molar-refractivity contribution in [1.29, 1.82) is 0 Å². The van der Waals surface area contributed by atoms with Crippen molar-refractivity contribution in [2.75, 3.05) is 45.3 Å². The van der Waals surface area contributed by atoms with Gasteiger partial charge in [0.1, 0.15) is 31.1 Å². The van der Waals surface area contributed by atoms with Crippen LogP contribution in [0.4, 0.5) is 5.69 Å². The summed E-state index contributed by atoms with van der Waals surface area (Å²) in [5.74, 6) is -0.312. The summed E-state index contributed by atoms with van der Waals surface area (Å²) in [6.45, 7) is 5.01. The average molecular weight is 733 g/mol. The Hall–Kier alpha value is -4.04. The number of hydrogen-bond donors (Lipinski definition) is 2. The molecule has 5 aromatic rings. The smallest absolute Gasteiger partial charge is 0.241 e. The van der Waals surface area contributed by atoms with Crippen LogP contribution in [0.5, 0.6) is 5.75 Å². The highest BCUT2D eigenvalue weighted by atomic mass is 35.5. The summed E-state index contributed by atoms with van der Waals surface area (Å²) < 4.78 is 50.1. The van der Waals surface area contributed by atoms with Gasteiger partial charge in [0.15, 0.2) is 0 Å². The molecule has 51 heavy (non-hydrogen) atoms. The third-order valence-electron chi connectivity index (χ3n) is 8.93. The van der Waals surface area contributed by atoms with Crippen molar-refractivity contribution in [2.45, 2.75) is 56.1 Å². The van der Waals surface area contributed by atoms with E-state index in [2.05, 4.69) is 32.3 Å². The molecule has 2 N–H and O–H groups in total. The van der Waals surface area contributed by atoms with E-state index in [0.717, 1.165) is 64.7 Å². The summed E-state index contributed by atoms with van der Waals surface area (Å²) in [6, 6.07) is 24.8. The summed E-state index contributed by atoms with van der Waals surface area (Å²) in [5.41, 5.74) is 3.83. The number of sulfonamides is 1. The van der Waals surface area contributed by atoms with Gasteiger partial charge < -0.3 is 24.4 Å². The lowest BCUT2D eigenvalue weighted by Crippen LogP contribution is -2.33. The predicted molar refractivity (Wildman–Crippen MR) is 200 cm³/mol. The van der Waals surface area contributed by atoms with Crippen LogP contribution in [0.15, 0.2) is 96.4 Å². The Morgan fingerprint density at radius 1 is 1.00 bits per heavy atom. The number of fused-ring (bicyclic) bond motifs is 1. The van der Waals surface area contributed by atoms with Gasteiger partial charge in [0.2, 0.25) is 15.8 Å². The number of nitrogens with one attached hydrogen (secondary N) is 2. The van der Waals surface area contributed by atoms with Gasteiger partial charge in [0.05, 0.1) is 18.1 Å². The Bertz CT molecular complexity index is 2010. The first-order chi connectivity index (χ1) is 24.7. The van der Waals surface area contributed by atoms with E-state index in [9.17, 15) is 8.42 Å². The van der Waals surface area contributed by atoms with Crippen LogP contribution in [-0.2, 0) is 38.4 Å². The standard InChI is InChI=1S/C38H45ClN6O5S/c1-4-48-35-22-28(14-19-33(35)36-24-49-38(50-36,25-45-27-41-26-42-45)29-15-17-30(39)18-16-29)23-40-20-6-5-7-21-43-51(46,47)37-13-9-10-31-32(37)11-8-12-34(31)44(2)3/h8-19,22,26-27,36,40,43H,4-7,20-21,23-25H2,1-3H3. The fourth-order valence-electron chi connectivity index (χ4n) is 6.41. The zero-order valence-electron chi connectivity index (χ0n) is 29.2. The molecule has 11 nitrogen and oxygen atoms in total. The Labute approximate surface area is 304 Å². The number of aromatic nitrogens is 3. The van der Waals surface area contributed by atoms with E-state index in [1.807, 2.05) is 80.5 Å². The fraction of sp³-hybridized carbons (Fsp3) is 0.368. The molecule has 0 amide bonds. The van der Waals surface area contributed by atoms with E-state index < -0.39 is 15.8 Å². The van der Waals surface area contributed by atoms with Crippen LogP contribution in [0.1, 0.15) is 49.0 Å². The van der Waals surface area contributed by atoms with Crippen molar-refractivity contribution in [2.24, 2.45) is 0 Å². The summed E-state index contributed by atoms with van der Waals surface area (Å²) in [6.07, 6.45) is 5.32. The maximum Gasteiger partial charge on any atom is 0.241 e. The lowest BCUT2D eigenvalue weighted by atomic mass is 10.0. The van der Waals surface area contributed by atoms with Crippen LogP contribution in [0.25, 0.3) is 10.8 Å². The van der Waals surface area contributed by atoms with E-state index >= 15 is 0 Å². The van der Waals surface area contributed by atoms with E-state index in [4.69, 9.17) is 25.8 Å². The molecule has 1 saturated heterocycles. The SMILES string of the molecule is CCOc1cc(CNCCCCCNS(=O)(=O)c2cccc3c(N(C)C)cccc23)ccc1C1COC(Cn2cncn2)(c2ccc(Cl)cc2)O1. The zero-order chi connectivity index (χ0) is 35.8. The molecule has 270 valence electrons. The van der Waals surface area contributed by atoms with Crippen molar-refractivity contribution < 1.29 is 22.6 Å². The number of nitrogens with zero attached hydrogens (tertiary/aromatic N) is 4. The minimum Gasteiger partial charge on any atom is -0.493 e. The molecule has 1 aliphatic heterocycles. The largest absolute Gasteiger partial charge is 0.493 e. The highest BCUT2D eigenvalue weighted by Crippen LogP contribution is 2.44. The fourth-order valence-corrected chi connectivity index (χ4v) is 7.83. The van der Waals surface area contributed by atoms with Gasteiger partial charge in [-0.3, -0.25) is 0 Å². The van der Waals surface area contributed by atoms with Crippen LogP contribution in [0.3, 0.4) is 0 Å². The quantitative estimate of drug-likeness (QED) is 0.104. The Morgan fingerprint density at radius 2 is 1.78 bits per heavy atom. The third kappa shape index (κ3) is 8.71. The molecule has 1 fully saturated rings. The number of hydrogen-bond acceptors (Lipinski definition) is 9. The van der Waals surface area contributed by atoms with E-state index in [-0.39, 0.29) is 6.10 Å². The second-order valence-electron chi connectivity index (χ2n) is 12.7. The molecule has 13 heteroatoms. The van der Waals surface area contributed by atoms with Gasteiger partial charge in [-0.05, 0) is 62.2 Å². The summed E-state index contributed by atoms with van der Waals surface area (Å²) >= 11 is 6.18. The summed E-state index contributed by atoms with van der Waals surface area (Å²) in [5, 5.41) is 10.1. The molecule has 2 atom stereocenters. The molecule has 1 aliphatic rings. The van der Waals surface area contributed by atoms with Gasteiger partial charge in [0.25, 0.3) is 0 Å². The zero-order valence-corrected chi connectivity index (χ0v) is 30.8. The molecule has 0 aliphatic carbocycles. The molecular formula is C38H45ClN6O5S. The van der Waals surface area contributed by atoms with Gasteiger partial charge in [-0.2, -0.15) is 5.10 Å². The second kappa shape index (κ2) is 16.5. The molecule has 2 unspecified atom stereocenters. The van der Waals surface area contributed by atoms with E-state index in [0.29, 0.717) is 42.8 Å². The van der Waals surface area contributed by atoms with Crippen LogP contribution < -0.4 is 19.7 Å². The molecule has 0 spiro atoms. The van der Waals surface area contributed by atoms with Crippen molar-refractivity contribution in [3.05, 3.63) is 113 Å². The Kier molecular flexibility index (Phi) is 11.9. The predicted octanol–water partition coefficient (Wildman–Crippen LogP) is 6.43. The number of ether oxygens (including phenoxy) is 3. The van der Waals surface area contributed by atoms with Crippen molar-refractivity contribution in [3.8, 4) is 5.75 Å². The second-order valence-corrected chi connectivity index (χ2v) is 14.9. The van der Waals surface area contributed by atoms with Crippen molar-refractivity contribution >= 4 is 38.1 Å². The number of benzene rings is 4. The van der Waals surface area contributed by atoms with Crippen LogP contribution in [-0.4, -0.2) is 63.6 Å². The van der Waals surface area contributed by atoms with Gasteiger partial charge in [0, 0.05) is 59.8 Å². The van der Waals surface area contributed by atoms with Crippen LogP contribution in [0, 0.1) is 0 Å². The third-order valence-corrected chi connectivity index (χ3v) is 10.7. The number of anilines is 1. The van der Waals surface area contributed by atoms with Gasteiger partial charge in [-0.15, -0.1) is 0 Å². The number of halogens is 1. The van der Waals surface area contributed by atoms with Gasteiger partial charge >= 0.3 is 0 Å². The first-order valence-corrected chi connectivity index (χ1v) is 19.1. The van der Waals surface area contributed by atoms with Crippen LogP contribution >= 0.6 is 11.6 Å². The van der Waals surface area contributed by atoms with Gasteiger partial charge in [-0.25, -0.2) is 22.8 Å². The molecule has 6 rings (SSSR count). The highest BCUT2D eigenvalue weighted by molar-refractivity contribution is 7.89. The topological polar surface area (TPSA) is 120 Å². The number of rotatable bonds is 17. The number of unbranched alkanes of at least 4 members (excludes halogenated alkanes) is 2. The normalized spacial score (nSPS) is 17.6. The molecule has 2 heterocycles. The molecule has 0 bridgehead atoms. The minimum atomic E-state index is -3.64. The lowest BCUT2D eigenvalue weighted by Gasteiger charge is -2.28. The molecule has 1 aromatic heterocycles. The first-order valence-electron chi connectivity index (χ1n) is 17.2. The lowest BCUT2D eigenvalue weighted by molar-refractivity contribution is -0.189. The maximum atomic E-state index is 13.2. The summed E-state index contributed by atoms with van der Waals surface area (Å²) in [7, 11) is 0.269. The molecular weight excluding hydrogens is 688 g/mol. The van der Waals surface area contributed by atoms with Crippen molar-refractivity contribution in [3.63, 3.8) is 0 Å². The van der Waals surface area contributed by atoms with E-state index in [1.54, 1.807) is 23.1 Å². The van der Waals surface area contributed by atoms with Crippen LogP contribution in [0.2, 0.25) is 5.02 Å². The monoisotopic (exact) mass is 732 g/mol. The minimum absolute atomic E-state index is 0.308. The van der Waals surface area contributed by atoms with Crippen molar-refractivity contribution in [1.82, 2.24) is 24.8 Å². The Morgan fingerprint density at radius 3 is 2.55 bits per heavy atom. The average Bonchev–Trinajstić information content (AvgIpc) is 3.80. The molecule has 0 saturated carbocycles. The maximum absolute atomic E-state index is 13.2. The summed E-state index contributed by atoms with van der Waals surface area (Å²) in [4.78, 5) is 6.38. The molecule has 0 radical (unpaired) electrons.